The van der Waals surface area contributed by atoms with Gasteiger partial charge in [0.2, 0.25) is 10.0 Å². The van der Waals surface area contributed by atoms with Gasteiger partial charge in [-0.3, -0.25) is 4.79 Å². The summed E-state index contributed by atoms with van der Waals surface area (Å²) in [5.74, 6) is 0.341. The van der Waals surface area contributed by atoms with Crippen LogP contribution in [-0.2, 0) is 10.0 Å². The minimum absolute atomic E-state index is 0.158. The molecule has 0 saturated carbocycles. The second-order valence-corrected chi connectivity index (χ2v) is 10.3. The number of carbonyl (C=O) groups is 1. The first-order valence-electron chi connectivity index (χ1n) is 12.8. The number of ether oxygens (including phenoxy) is 1. The van der Waals surface area contributed by atoms with Crippen molar-refractivity contribution in [1.29, 1.82) is 0 Å². The third-order valence-electron chi connectivity index (χ3n) is 5.79. The summed E-state index contributed by atoms with van der Waals surface area (Å²) in [7, 11) is -4.17. The van der Waals surface area contributed by atoms with E-state index in [9.17, 15) is 13.2 Å². The van der Waals surface area contributed by atoms with Crippen LogP contribution in [0.15, 0.2) is 47.4 Å². The second-order valence-electron chi connectivity index (χ2n) is 8.79. The average molecular weight is 504 g/mol. The molecule has 0 fully saturated rings. The second kappa shape index (κ2) is 14.7. The summed E-state index contributed by atoms with van der Waals surface area (Å²) >= 11 is 0. The molecule has 2 rings (SSSR count). The molecule has 0 saturated heterocycles. The Labute approximate surface area is 211 Å². The molecule has 0 aliphatic rings. The van der Waals surface area contributed by atoms with Crippen LogP contribution in [0.1, 0.15) is 82.5 Å². The van der Waals surface area contributed by atoms with Gasteiger partial charge in [-0.2, -0.15) is 0 Å². The Morgan fingerprint density at radius 1 is 0.914 bits per heavy atom. The third kappa shape index (κ3) is 9.18. The van der Waals surface area contributed by atoms with Crippen LogP contribution in [0.4, 0.5) is 5.69 Å². The maximum atomic E-state index is 13.0. The lowest BCUT2D eigenvalue weighted by Crippen LogP contribution is -2.29. The molecule has 0 aromatic heterocycles. The van der Waals surface area contributed by atoms with Gasteiger partial charge in [-0.25, -0.2) is 13.6 Å². The molecule has 0 bridgehead atoms. The number of rotatable bonds is 16. The predicted molar refractivity (Wildman–Crippen MR) is 143 cm³/mol. The third-order valence-corrected chi connectivity index (χ3v) is 6.70. The molecule has 0 heterocycles. The molecular formula is C27H41N3O4S. The highest BCUT2D eigenvalue weighted by atomic mass is 32.2. The van der Waals surface area contributed by atoms with E-state index in [2.05, 4.69) is 31.0 Å². The number of primary sulfonamides is 1. The SMILES string of the molecule is CCCCCCNC(=O)c1cc(N(CCCC)CCCC)c(Oc2ccccc2)c(S(N)(=O)=O)c1. The summed E-state index contributed by atoms with van der Waals surface area (Å²) in [4.78, 5) is 14.9. The minimum atomic E-state index is -4.17. The Hall–Kier alpha value is -2.58. The van der Waals surface area contributed by atoms with Gasteiger partial charge in [0, 0.05) is 25.2 Å². The number of nitrogens with one attached hydrogen (secondary N) is 1. The summed E-state index contributed by atoms with van der Waals surface area (Å²) in [5.41, 5.74) is 0.830. The zero-order chi connectivity index (χ0) is 25.7. The van der Waals surface area contributed by atoms with Crippen molar-refractivity contribution in [2.45, 2.75) is 77.0 Å². The molecule has 8 heteroatoms. The molecule has 7 nitrogen and oxygen atoms in total. The van der Waals surface area contributed by atoms with Crippen LogP contribution in [0.3, 0.4) is 0 Å². The van der Waals surface area contributed by atoms with Gasteiger partial charge in [-0.05, 0) is 43.5 Å². The Bertz CT molecular complexity index is 1020. The number of unbranched alkanes of at least 4 members (excludes halogenated alkanes) is 5. The lowest BCUT2D eigenvalue weighted by atomic mass is 10.1. The van der Waals surface area contributed by atoms with Crippen molar-refractivity contribution in [2.75, 3.05) is 24.5 Å². The molecule has 3 N–H and O–H groups in total. The summed E-state index contributed by atoms with van der Waals surface area (Å²) in [6.07, 6.45) is 7.96. The van der Waals surface area contributed by atoms with Crippen LogP contribution in [0, 0.1) is 0 Å². The highest BCUT2D eigenvalue weighted by Gasteiger charge is 2.26. The monoisotopic (exact) mass is 503 g/mol. The number of benzene rings is 2. The number of para-hydroxylation sites is 1. The summed E-state index contributed by atoms with van der Waals surface area (Å²) in [6.45, 7) is 8.32. The number of nitrogens with two attached hydrogens (primary N) is 1. The van der Waals surface area contributed by atoms with Gasteiger partial charge in [-0.15, -0.1) is 0 Å². The van der Waals surface area contributed by atoms with Crippen LogP contribution in [0.5, 0.6) is 11.5 Å². The Morgan fingerprint density at radius 3 is 2.11 bits per heavy atom. The van der Waals surface area contributed by atoms with E-state index in [0.717, 1.165) is 51.4 Å². The van der Waals surface area contributed by atoms with Crippen molar-refractivity contribution < 1.29 is 17.9 Å². The van der Waals surface area contributed by atoms with Gasteiger partial charge < -0.3 is 15.0 Å². The normalized spacial score (nSPS) is 11.3. The van der Waals surface area contributed by atoms with Crippen LogP contribution >= 0.6 is 0 Å². The summed E-state index contributed by atoms with van der Waals surface area (Å²) in [5, 5.41) is 8.57. The molecule has 1 amide bonds. The van der Waals surface area contributed by atoms with Crippen LogP contribution in [0.25, 0.3) is 0 Å². The highest BCUT2D eigenvalue weighted by Crippen LogP contribution is 2.39. The van der Waals surface area contributed by atoms with Crippen molar-refractivity contribution in [3.63, 3.8) is 0 Å². The molecule has 0 unspecified atom stereocenters. The van der Waals surface area contributed by atoms with Crippen molar-refractivity contribution in [2.24, 2.45) is 5.14 Å². The first-order valence-corrected chi connectivity index (χ1v) is 14.3. The average Bonchev–Trinajstić information content (AvgIpc) is 2.84. The molecule has 0 spiro atoms. The van der Waals surface area contributed by atoms with Gasteiger partial charge in [0.25, 0.3) is 5.91 Å². The molecule has 35 heavy (non-hydrogen) atoms. The molecule has 0 aliphatic heterocycles. The number of hydrogen-bond donors (Lipinski definition) is 2. The van der Waals surface area contributed by atoms with E-state index in [-0.39, 0.29) is 22.1 Å². The Morgan fingerprint density at radius 2 is 1.54 bits per heavy atom. The van der Waals surface area contributed by atoms with Crippen molar-refractivity contribution in [3.05, 3.63) is 48.0 Å². The van der Waals surface area contributed by atoms with Crippen LogP contribution < -0.4 is 20.1 Å². The molecule has 0 radical (unpaired) electrons. The smallest absolute Gasteiger partial charge is 0.251 e. The predicted octanol–water partition coefficient (Wildman–Crippen LogP) is 5.84. The van der Waals surface area contributed by atoms with Crippen molar-refractivity contribution >= 4 is 21.6 Å². The standard InChI is InChI=1S/C27H41N3O4S/c1-4-7-10-14-17-29-27(31)22-20-24(30(18-8-5-2)19-9-6-3)26(25(21-22)35(28,32)33)34-23-15-12-11-13-16-23/h11-13,15-16,20-21H,4-10,14,17-19H2,1-3H3,(H,29,31)(H2,28,32,33). The summed E-state index contributed by atoms with van der Waals surface area (Å²) in [6, 6.07) is 12.1. The van der Waals surface area contributed by atoms with Crippen LogP contribution in [0.2, 0.25) is 0 Å². The minimum Gasteiger partial charge on any atom is -0.454 e. The zero-order valence-corrected chi connectivity index (χ0v) is 22.2. The number of anilines is 1. The van der Waals surface area contributed by atoms with E-state index >= 15 is 0 Å². The quantitative estimate of drug-likeness (QED) is 0.280. The molecule has 2 aromatic carbocycles. The molecule has 2 aromatic rings. The van der Waals surface area contributed by atoms with E-state index in [1.807, 2.05) is 18.2 Å². The van der Waals surface area contributed by atoms with E-state index in [0.29, 0.717) is 31.1 Å². The largest absolute Gasteiger partial charge is 0.454 e. The van der Waals surface area contributed by atoms with Crippen molar-refractivity contribution in [1.82, 2.24) is 5.32 Å². The van der Waals surface area contributed by atoms with E-state index in [1.165, 1.54) is 6.07 Å². The highest BCUT2D eigenvalue weighted by molar-refractivity contribution is 7.89. The molecule has 194 valence electrons. The van der Waals surface area contributed by atoms with E-state index < -0.39 is 10.0 Å². The fourth-order valence-corrected chi connectivity index (χ4v) is 4.48. The van der Waals surface area contributed by atoms with E-state index in [4.69, 9.17) is 9.88 Å². The lowest BCUT2D eigenvalue weighted by molar-refractivity contribution is 0.0952. The Kier molecular flexibility index (Phi) is 12.1. The Balaban J connectivity index is 2.56. The fraction of sp³-hybridized carbons (Fsp3) is 0.519. The van der Waals surface area contributed by atoms with Gasteiger partial charge in [0.05, 0.1) is 5.69 Å². The lowest BCUT2D eigenvalue weighted by Gasteiger charge is -2.28. The number of nitrogens with zero attached hydrogens (tertiary/aromatic N) is 1. The number of hydrogen-bond acceptors (Lipinski definition) is 5. The van der Waals surface area contributed by atoms with Gasteiger partial charge >= 0.3 is 0 Å². The number of sulfonamides is 1. The zero-order valence-electron chi connectivity index (χ0n) is 21.4. The van der Waals surface area contributed by atoms with Crippen LogP contribution in [-0.4, -0.2) is 34.0 Å². The summed E-state index contributed by atoms with van der Waals surface area (Å²) < 4.78 is 31.5. The van der Waals surface area contributed by atoms with Gasteiger partial charge in [-0.1, -0.05) is 71.1 Å². The maximum absolute atomic E-state index is 13.0. The topological polar surface area (TPSA) is 102 Å². The van der Waals surface area contributed by atoms with Crippen molar-refractivity contribution in [3.8, 4) is 11.5 Å². The fourth-order valence-electron chi connectivity index (χ4n) is 3.78. The van der Waals surface area contributed by atoms with E-state index in [1.54, 1.807) is 18.2 Å². The maximum Gasteiger partial charge on any atom is 0.251 e. The first kappa shape index (κ1) is 28.7. The molecule has 0 atom stereocenters. The molecular weight excluding hydrogens is 462 g/mol. The van der Waals surface area contributed by atoms with Gasteiger partial charge in [0.1, 0.15) is 10.6 Å². The van der Waals surface area contributed by atoms with Gasteiger partial charge in [0.15, 0.2) is 5.75 Å². The number of carbonyl (C=O) groups excluding carboxylic acids is 1. The molecule has 0 aliphatic carbocycles. The first-order chi connectivity index (χ1) is 16.8. The number of amides is 1.